The number of rotatable bonds is 9. The van der Waals surface area contributed by atoms with Crippen LogP contribution in [0.3, 0.4) is 0 Å². The first-order valence-corrected chi connectivity index (χ1v) is 9.80. The average Bonchev–Trinajstić information content (AvgIpc) is 3.28. The zero-order valence-electron chi connectivity index (χ0n) is 24.8. The number of hydrogen-bond acceptors (Lipinski definition) is 5. The van der Waals surface area contributed by atoms with Crippen molar-refractivity contribution in [3.63, 3.8) is 0 Å². The fourth-order valence-corrected chi connectivity index (χ4v) is 2.99. The van der Waals surface area contributed by atoms with Crippen LogP contribution in [0, 0.1) is 6.92 Å². The molecule has 2 aromatic carbocycles. The lowest BCUT2D eigenvalue weighted by atomic mass is 10.00. The molecule has 6 heteroatoms. The highest BCUT2D eigenvalue weighted by Crippen LogP contribution is 2.21. The van der Waals surface area contributed by atoms with Gasteiger partial charge >= 0.3 is 0 Å². The van der Waals surface area contributed by atoms with Crippen LogP contribution < -0.4 is 11.1 Å². The van der Waals surface area contributed by atoms with Crippen molar-refractivity contribution in [2.75, 3.05) is 11.1 Å². The number of hydrogen-bond donors (Lipinski definition) is 3. The predicted molar refractivity (Wildman–Crippen MR) is 119 cm³/mol. The number of aliphatic hydroxyl groups is 1. The molecule has 0 fully saturated rings. The first-order chi connectivity index (χ1) is 17.5. The maximum absolute atomic E-state index is 12.5. The molecule has 5 nitrogen and oxygen atoms in total. The Morgan fingerprint density at radius 2 is 2.17 bits per heavy atom. The average molecular weight is 419 g/mol. The molecular weight excluding hydrogens is 382 g/mol. The SMILES string of the molecule is [2H]c1c([2H])c(C)c([2H])c([C@@]([2H])(O)CCCC([2H])([2H])c2ccc(NC(=O)C([2H])([2H])c3csc(N)n3)cc2)c1[2H]. The third-order valence-corrected chi connectivity index (χ3v) is 4.54. The molecule has 1 heterocycles. The van der Waals surface area contributed by atoms with Gasteiger partial charge in [-0.15, -0.1) is 11.3 Å². The second kappa shape index (κ2) is 10.2. The highest BCUT2D eigenvalue weighted by atomic mass is 32.1. The van der Waals surface area contributed by atoms with Crippen LogP contribution in [0.5, 0.6) is 0 Å². The van der Waals surface area contributed by atoms with E-state index in [1.807, 2.05) is 0 Å². The quantitative estimate of drug-likeness (QED) is 0.471. The molecule has 0 saturated carbocycles. The van der Waals surface area contributed by atoms with Crippen molar-refractivity contribution in [2.45, 2.75) is 45.0 Å². The van der Waals surface area contributed by atoms with Crippen molar-refractivity contribution < 1.29 is 22.2 Å². The minimum Gasteiger partial charge on any atom is -0.388 e. The Kier molecular flexibility index (Phi) is 4.25. The van der Waals surface area contributed by atoms with Crippen LogP contribution in [-0.2, 0) is 17.5 Å². The van der Waals surface area contributed by atoms with E-state index in [-0.39, 0.29) is 64.6 Å². The number of aryl methyl sites for hydroxylation is 1. The van der Waals surface area contributed by atoms with Crippen molar-refractivity contribution in [3.8, 4) is 0 Å². The molecule has 0 saturated heterocycles. The van der Waals surface area contributed by atoms with Gasteiger partial charge in [-0.2, -0.15) is 0 Å². The van der Waals surface area contributed by atoms with E-state index in [0.717, 1.165) is 11.3 Å². The van der Waals surface area contributed by atoms with E-state index in [9.17, 15) is 9.90 Å². The Morgan fingerprint density at radius 3 is 2.90 bits per heavy atom. The number of thiazole rings is 1. The van der Waals surface area contributed by atoms with E-state index >= 15 is 0 Å². The van der Waals surface area contributed by atoms with Gasteiger partial charge in [0.2, 0.25) is 5.91 Å². The Labute approximate surface area is 188 Å². The number of benzene rings is 2. The summed E-state index contributed by atoms with van der Waals surface area (Å²) < 4.78 is 73.0. The third kappa shape index (κ3) is 6.69. The topological polar surface area (TPSA) is 88.2 Å². The van der Waals surface area contributed by atoms with Crippen LogP contribution >= 0.6 is 11.3 Å². The number of nitrogens with two attached hydrogens (primary N) is 1. The lowest BCUT2D eigenvalue weighted by molar-refractivity contribution is -0.115. The van der Waals surface area contributed by atoms with E-state index in [1.54, 1.807) is 0 Å². The van der Waals surface area contributed by atoms with E-state index in [0.29, 0.717) is 0 Å². The largest absolute Gasteiger partial charge is 0.388 e. The first-order valence-electron chi connectivity index (χ1n) is 13.4. The van der Waals surface area contributed by atoms with Crippen molar-refractivity contribution >= 4 is 28.1 Å². The molecule has 0 unspecified atom stereocenters. The number of anilines is 2. The zero-order chi connectivity index (χ0) is 28.6. The van der Waals surface area contributed by atoms with Crippen molar-refractivity contribution in [1.29, 1.82) is 0 Å². The van der Waals surface area contributed by atoms with Gasteiger partial charge in [0.05, 0.1) is 25.0 Å². The number of carbonyl (C=O) groups excluding carboxylic acids is 1. The highest BCUT2D eigenvalue weighted by Gasteiger charge is 2.08. The molecule has 3 rings (SSSR count). The summed E-state index contributed by atoms with van der Waals surface area (Å²) in [5, 5.41) is 14.6. The van der Waals surface area contributed by atoms with Gasteiger partial charge in [0.15, 0.2) is 5.13 Å². The van der Waals surface area contributed by atoms with Crippen LogP contribution in [0.4, 0.5) is 10.8 Å². The van der Waals surface area contributed by atoms with Gasteiger partial charge in [0.1, 0.15) is 0 Å². The molecule has 0 aliphatic rings. The van der Waals surface area contributed by atoms with Gasteiger partial charge < -0.3 is 16.2 Å². The minimum absolute atomic E-state index is 0.0103. The second-order valence-electron chi connectivity index (χ2n) is 6.20. The molecule has 29 heavy (non-hydrogen) atoms. The molecule has 3 aromatic rings. The van der Waals surface area contributed by atoms with Crippen LogP contribution in [0.1, 0.15) is 60.1 Å². The fraction of sp³-hybridized carbons (Fsp3) is 0.304. The molecule has 1 atom stereocenters. The summed E-state index contributed by atoms with van der Waals surface area (Å²) in [7, 11) is 0. The summed E-state index contributed by atoms with van der Waals surface area (Å²) >= 11 is 1.01. The molecule has 1 amide bonds. The first kappa shape index (κ1) is 12.1. The molecule has 0 spiro atoms. The summed E-state index contributed by atoms with van der Waals surface area (Å²) in [5.41, 5.74) is 5.61. The monoisotopic (exact) mass is 418 g/mol. The van der Waals surface area contributed by atoms with E-state index in [1.165, 1.54) is 36.6 Å². The maximum atomic E-state index is 12.5. The van der Waals surface area contributed by atoms with Crippen molar-refractivity contribution in [2.24, 2.45) is 0 Å². The molecule has 152 valence electrons. The van der Waals surface area contributed by atoms with Crippen LogP contribution in [0.25, 0.3) is 0 Å². The van der Waals surface area contributed by atoms with Crippen molar-refractivity contribution in [3.05, 3.63) is 76.2 Å². The number of amides is 1. The van der Waals surface area contributed by atoms with Crippen LogP contribution in [-0.4, -0.2) is 16.0 Å². The van der Waals surface area contributed by atoms with E-state index in [2.05, 4.69) is 10.3 Å². The smallest absolute Gasteiger partial charge is 0.230 e. The fourth-order valence-electron chi connectivity index (χ4n) is 2.49. The molecule has 0 bridgehead atoms. The van der Waals surface area contributed by atoms with Gasteiger partial charge in [-0.05, 0) is 49.4 Å². The Balaban J connectivity index is 1.67. The minimum atomic E-state index is -2.42. The summed E-state index contributed by atoms with van der Waals surface area (Å²) in [4.78, 5) is 16.3. The third-order valence-electron chi connectivity index (χ3n) is 3.86. The van der Waals surface area contributed by atoms with Gasteiger partial charge in [-0.25, -0.2) is 4.98 Å². The van der Waals surface area contributed by atoms with Crippen LogP contribution in [0.2, 0.25) is 0 Å². The number of nitrogens with one attached hydrogen (secondary N) is 1. The summed E-state index contributed by atoms with van der Waals surface area (Å²) in [6, 6.07) is 4.03. The van der Waals surface area contributed by atoms with Gasteiger partial charge in [-0.1, -0.05) is 48.3 Å². The molecule has 0 radical (unpaired) electrons. The predicted octanol–water partition coefficient (Wildman–Crippen LogP) is 4.66. The Bertz CT molecular complexity index is 1320. The van der Waals surface area contributed by atoms with Crippen LogP contribution in [0.15, 0.2) is 53.8 Å². The van der Waals surface area contributed by atoms with Gasteiger partial charge in [0.25, 0.3) is 0 Å². The zero-order valence-corrected chi connectivity index (χ0v) is 16.6. The standard InChI is InChI=1S/C23H27N3O2S/c1-16-5-4-7-18(13-16)21(27)8-3-2-6-17-9-11-19(12-10-17)25-22(28)14-20-15-29-23(24)26-20/h4-5,7,9-13,15,21,27H,2-3,6,8,14H2,1H3,(H2,24,26)(H,25,28)/t21-/m0/s1/i4D,5D,6D2,7D,13D,14D2,21D. The van der Waals surface area contributed by atoms with Gasteiger partial charge in [-0.3, -0.25) is 4.79 Å². The second-order valence-corrected chi connectivity index (χ2v) is 7.09. The van der Waals surface area contributed by atoms with E-state index in [4.69, 9.17) is 18.1 Å². The Morgan fingerprint density at radius 1 is 1.38 bits per heavy atom. The normalized spacial score (nSPS) is 18.5. The molecule has 4 N–H and O–H groups in total. The number of aromatic nitrogens is 1. The maximum Gasteiger partial charge on any atom is 0.230 e. The molecular formula is C23H27N3O2S. The molecule has 1 aromatic heterocycles. The Hall–Kier alpha value is -2.70. The summed E-state index contributed by atoms with van der Waals surface area (Å²) in [6.07, 6.45) is -7.13. The number of nitrogens with zero attached hydrogens (tertiary/aromatic N) is 1. The van der Waals surface area contributed by atoms with Crippen molar-refractivity contribution in [1.82, 2.24) is 4.98 Å². The lowest BCUT2D eigenvalue weighted by Gasteiger charge is -2.11. The molecule has 0 aliphatic carbocycles. The summed E-state index contributed by atoms with van der Waals surface area (Å²) in [5.74, 6) is -0.958. The van der Waals surface area contributed by atoms with Gasteiger partial charge in [0, 0.05) is 16.6 Å². The summed E-state index contributed by atoms with van der Waals surface area (Å²) in [6.45, 7) is 1.41. The van der Waals surface area contributed by atoms with E-state index < -0.39 is 36.8 Å². The number of nitrogen functional groups attached to an aromatic ring is 1. The number of carbonyl (C=O) groups is 1. The lowest BCUT2D eigenvalue weighted by Crippen LogP contribution is -2.14. The highest BCUT2D eigenvalue weighted by molar-refractivity contribution is 7.13. The molecule has 0 aliphatic heterocycles.